The van der Waals surface area contributed by atoms with Crippen molar-refractivity contribution in [1.82, 2.24) is 24.8 Å². The van der Waals surface area contributed by atoms with Crippen LogP contribution in [-0.4, -0.2) is 51.3 Å². The minimum Gasteiger partial charge on any atom is -0.496 e. The Balaban J connectivity index is 1.48. The lowest BCUT2D eigenvalue weighted by atomic mass is 10.0. The number of methoxy groups -OCH3 is 1. The normalized spacial score (nSPS) is 14.8. The number of ether oxygens (including phenoxy) is 2. The topological polar surface area (TPSA) is 117 Å². The number of nitrogens with zero attached hydrogens (tertiary/aromatic N) is 4. The van der Waals surface area contributed by atoms with E-state index < -0.39 is 0 Å². The fourth-order valence-electron chi connectivity index (χ4n) is 5.48. The Labute approximate surface area is 235 Å². The van der Waals surface area contributed by atoms with Gasteiger partial charge < -0.3 is 25.1 Å². The van der Waals surface area contributed by atoms with Crippen molar-refractivity contribution in [2.75, 3.05) is 19.4 Å². The lowest BCUT2D eigenvalue weighted by molar-refractivity contribution is -0.151. The molecule has 4 rings (SSSR count). The zero-order valence-electron chi connectivity index (χ0n) is 23.7. The highest BCUT2D eigenvalue weighted by Crippen LogP contribution is 2.30. The number of fused-ring (bicyclic) bond motifs is 1. The Morgan fingerprint density at radius 3 is 2.69 bits per heavy atom. The summed E-state index contributed by atoms with van der Waals surface area (Å²) in [5.74, 6) is 1.21. The Kier molecular flexibility index (Phi) is 9.67. The van der Waals surface area contributed by atoms with Crippen LogP contribution in [0.1, 0.15) is 74.8 Å². The molecule has 0 aromatic carbocycles. The molecule has 3 N–H and O–H groups in total. The van der Waals surface area contributed by atoms with Crippen LogP contribution >= 0.6 is 11.6 Å². The molecule has 39 heavy (non-hydrogen) atoms. The Morgan fingerprint density at radius 1 is 1.26 bits per heavy atom. The number of aryl methyl sites for hydroxylation is 2. The third-order valence-corrected chi connectivity index (χ3v) is 7.70. The average Bonchev–Trinajstić information content (AvgIpc) is 3.51. The van der Waals surface area contributed by atoms with Gasteiger partial charge >= 0.3 is 5.97 Å². The van der Waals surface area contributed by atoms with Crippen LogP contribution in [0.4, 0.5) is 5.95 Å². The van der Waals surface area contributed by atoms with Crippen LogP contribution in [0.5, 0.6) is 5.75 Å². The maximum absolute atomic E-state index is 12.9. The number of halogens is 1. The van der Waals surface area contributed by atoms with Gasteiger partial charge in [0.05, 0.1) is 24.7 Å². The molecule has 0 unspecified atom stereocenters. The first-order valence-electron chi connectivity index (χ1n) is 13.9. The van der Waals surface area contributed by atoms with E-state index in [9.17, 15) is 4.79 Å². The second-order valence-electron chi connectivity index (χ2n) is 11.0. The molecular weight excluding hydrogens is 516 g/mol. The Hall–Kier alpha value is -2.91. The number of nitrogens with two attached hydrogens (primary N) is 1. The molecule has 3 aromatic rings. The molecule has 0 bridgehead atoms. The van der Waals surface area contributed by atoms with Crippen LogP contribution in [0.3, 0.4) is 0 Å². The molecule has 0 spiro atoms. The molecule has 3 heterocycles. The van der Waals surface area contributed by atoms with Gasteiger partial charge in [-0.25, -0.2) is 4.98 Å². The summed E-state index contributed by atoms with van der Waals surface area (Å²) in [5, 5.41) is 4.58. The van der Waals surface area contributed by atoms with Crippen molar-refractivity contribution in [1.29, 1.82) is 0 Å². The van der Waals surface area contributed by atoms with Crippen molar-refractivity contribution < 1.29 is 14.3 Å². The zero-order valence-corrected chi connectivity index (χ0v) is 24.5. The smallest absolute Gasteiger partial charge is 0.323 e. The molecular formula is C29H41ClN6O3. The molecule has 0 saturated heterocycles. The van der Waals surface area contributed by atoms with E-state index in [1.54, 1.807) is 7.11 Å². The van der Waals surface area contributed by atoms with Gasteiger partial charge in [-0.2, -0.15) is 4.98 Å². The molecule has 1 atom stereocenters. The quantitative estimate of drug-likeness (QED) is 0.178. The van der Waals surface area contributed by atoms with Crippen molar-refractivity contribution in [2.24, 2.45) is 5.92 Å². The van der Waals surface area contributed by atoms with Crippen molar-refractivity contribution in [3.63, 3.8) is 0 Å². The fourth-order valence-corrected chi connectivity index (χ4v) is 5.77. The molecule has 0 amide bonds. The van der Waals surface area contributed by atoms with Crippen molar-refractivity contribution >= 4 is 34.6 Å². The first-order valence-corrected chi connectivity index (χ1v) is 14.3. The lowest BCUT2D eigenvalue weighted by Gasteiger charge is -2.21. The molecule has 1 fully saturated rings. The van der Waals surface area contributed by atoms with Gasteiger partial charge in [-0.15, -0.1) is 0 Å². The molecule has 3 aromatic heterocycles. The van der Waals surface area contributed by atoms with Gasteiger partial charge in [0.25, 0.3) is 0 Å². The van der Waals surface area contributed by atoms with E-state index in [2.05, 4.69) is 40.3 Å². The van der Waals surface area contributed by atoms with Crippen molar-refractivity contribution in [2.45, 2.75) is 91.3 Å². The molecule has 9 nitrogen and oxygen atoms in total. The molecule has 10 heteroatoms. The molecule has 0 radical (unpaired) electrons. The van der Waals surface area contributed by atoms with Crippen molar-refractivity contribution in [3.05, 3.63) is 39.9 Å². The number of pyridine rings is 1. The SMILES string of the molecule is COc1c(C)cnc(Cn2cc(CCCN[C@@H](CC(C)C)C(=O)OC3CCCC3)c3c(Cl)nc(N)nc32)c1C. The molecule has 1 aliphatic carbocycles. The number of hydrogen-bond acceptors (Lipinski definition) is 8. The summed E-state index contributed by atoms with van der Waals surface area (Å²) in [6, 6.07) is -0.302. The predicted molar refractivity (Wildman–Crippen MR) is 154 cm³/mol. The summed E-state index contributed by atoms with van der Waals surface area (Å²) in [7, 11) is 1.67. The number of carbonyl (C=O) groups is 1. The number of aromatic nitrogens is 4. The van der Waals surface area contributed by atoms with Gasteiger partial charge in [0.1, 0.15) is 28.7 Å². The standard InChI is InChI=1S/C29H41ClN6O3/c1-17(2)13-22(28(37)39-21-10-6-7-11-21)32-12-8-9-20-15-36(27-24(20)26(30)34-29(31)35-27)16-23-19(4)25(38-5)18(3)14-33-23/h14-15,17,21-22,32H,6-13,16H2,1-5H3,(H2,31,34,35)/t22-/m0/s1. The highest BCUT2D eigenvalue weighted by Gasteiger charge is 2.26. The Bertz CT molecular complexity index is 1300. The average molecular weight is 557 g/mol. The van der Waals surface area contributed by atoms with Gasteiger partial charge in [-0.3, -0.25) is 9.78 Å². The summed E-state index contributed by atoms with van der Waals surface area (Å²) in [6.45, 7) is 9.41. The van der Waals surface area contributed by atoms with Crippen LogP contribution in [0, 0.1) is 19.8 Å². The maximum Gasteiger partial charge on any atom is 0.323 e. The van der Waals surface area contributed by atoms with Crippen LogP contribution < -0.4 is 15.8 Å². The predicted octanol–water partition coefficient (Wildman–Crippen LogP) is 5.16. The summed E-state index contributed by atoms with van der Waals surface area (Å²) in [5.41, 5.74) is 10.5. The zero-order chi connectivity index (χ0) is 28.1. The summed E-state index contributed by atoms with van der Waals surface area (Å²) >= 11 is 6.57. The lowest BCUT2D eigenvalue weighted by Crippen LogP contribution is -2.41. The van der Waals surface area contributed by atoms with Crippen molar-refractivity contribution in [3.8, 4) is 5.75 Å². The highest BCUT2D eigenvalue weighted by molar-refractivity contribution is 6.34. The second kappa shape index (κ2) is 13.0. The molecule has 1 aliphatic rings. The number of carbonyl (C=O) groups excluding carboxylic acids is 1. The number of rotatable bonds is 12. The largest absolute Gasteiger partial charge is 0.496 e. The van der Waals surface area contributed by atoms with Crippen LogP contribution in [0.2, 0.25) is 5.15 Å². The number of hydrogen-bond donors (Lipinski definition) is 2. The van der Waals surface area contributed by atoms with E-state index in [1.807, 2.05) is 24.6 Å². The van der Waals surface area contributed by atoms with E-state index >= 15 is 0 Å². The third kappa shape index (κ3) is 7.00. The van der Waals surface area contributed by atoms with E-state index in [4.69, 9.17) is 26.8 Å². The fraction of sp³-hybridized carbons (Fsp3) is 0.586. The third-order valence-electron chi connectivity index (χ3n) is 7.43. The van der Waals surface area contributed by atoms with Crippen LogP contribution in [-0.2, 0) is 22.5 Å². The first kappa shape index (κ1) is 29.1. The maximum atomic E-state index is 12.9. The monoisotopic (exact) mass is 556 g/mol. The Morgan fingerprint density at radius 2 is 2.00 bits per heavy atom. The number of nitrogen functional groups attached to an aromatic ring is 1. The first-order chi connectivity index (χ1) is 18.7. The van der Waals surface area contributed by atoms with E-state index in [0.717, 1.165) is 78.5 Å². The van der Waals surface area contributed by atoms with Gasteiger partial charge in [-0.05, 0) is 76.8 Å². The summed E-state index contributed by atoms with van der Waals surface area (Å²) < 4.78 is 13.4. The van der Waals surface area contributed by atoms with Gasteiger partial charge in [0.15, 0.2) is 0 Å². The van der Waals surface area contributed by atoms with Gasteiger partial charge in [0, 0.05) is 23.5 Å². The second-order valence-corrected chi connectivity index (χ2v) is 11.3. The van der Waals surface area contributed by atoms with Crippen LogP contribution in [0.25, 0.3) is 11.0 Å². The minimum absolute atomic E-state index is 0.0706. The number of anilines is 1. The summed E-state index contributed by atoms with van der Waals surface area (Å²) in [4.78, 5) is 26.2. The van der Waals surface area contributed by atoms with Gasteiger partial charge in [-0.1, -0.05) is 25.4 Å². The number of nitrogens with one attached hydrogen (secondary N) is 1. The molecule has 1 saturated carbocycles. The highest BCUT2D eigenvalue weighted by atomic mass is 35.5. The summed E-state index contributed by atoms with van der Waals surface area (Å²) in [6.07, 6.45) is 10.5. The van der Waals surface area contributed by atoms with Gasteiger partial charge in [0.2, 0.25) is 5.95 Å². The van der Waals surface area contributed by atoms with E-state index in [1.165, 1.54) is 0 Å². The van der Waals surface area contributed by atoms with Crippen LogP contribution in [0.15, 0.2) is 12.4 Å². The molecule has 0 aliphatic heterocycles. The molecule has 212 valence electrons. The number of esters is 1. The van der Waals surface area contributed by atoms with E-state index in [0.29, 0.717) is 29.8 Å². The minimum atomic E-state index is -0.302. The van der Waals surface area contributed by atoms with E-state index in [-0.39, 0.29) is 24.1 Å².